The van der Waals surface area contributed by atoms with E-state index in [1.54, 1.807) is 12.1 Å². The largest absolute Gasteiger partial charge is 0.355 e. The Morgan fingerprint density at radius 3 is 2.44 bits per heavy atom. The van der Waals surface area contributed by atoms with E-state index >= 15 is 0 Å². The second kappa shape index (κ2) is 5.09. The number of rotatable bonds is 3. The smallest absolute Gasteiger partial charge is 0.231 e. The summed E-state index contributed by atoms with van der Waals surface area (Å²) in [6.07, 6.45) is 3.41. The van der Waals surface area contributed by atoms with Crippen LogP contribution in [0.5, 0.6) is 0 Å². The van der Waals surface area contributed by atoms with Crippen LogP contribution in [0.25, 0.3) is 0 Å². The summed E-state index contributed by atoms with van der Waals surface area (Å²) in [5.41, 5.74) is 0. The van der Waals surface area contributed by atoms with Gasteiger partial charge in [-0.1, -0.05) is 6.92 Å². The predicted octanol–water partition coefficient (Wildman–Crippen LogP) is 1.08. The van der Waals surface area contributed by atoms with Crippen molar-refractivity contribution in [3.05, 3.63) is 12.1 Å². The summed E-state index contributed by atoms with van der Waals surface area (Å²) in [7, 11) is -3.29. The van der Waals surface area contributed by atoms with Gasteiger partial charge in [0.05, 0.1) is 6.26 Å². The van der Waals surface area contributed by atoms with Crippen molar-refractivity contribution in [1.29, 1.82) is 0 Å². The van der Waals surface area contributed by atoms with E-state index in [9.17, 15) is 8.42 Å². The maximum absolute atomic E-state index is 11.0. The van der Waals surface area contributed by atoms with Gasteiger partial charge in [0.15, 0.2) is 11.6 Å². The highest BCUT2D eigenvalue weighted by atomic mass is 32.2. The second-order valence-electron chi connectivity index (χ2n) is 4.82. The lowest BCUT2D eigenvalue weighted by molar-refractivity contribution is 0.436. The maximum atomic E-state index is 11.0. The summed E-state index contributed by atoms with van der Waals surface area (Å²) in [6.45, 7) is 4.21. The van der Waals surface area contributed by atoms with Crippen LogP contribution < -0.4 is 9.62 Å². The van der Waals surface area contributed by atoms with Crippen LogP contribution in [0.15, 0.2) is 12.1 Å². The Labute approximate surface area is 107 Å². The molecule has 1 aliphatic rings. The van der Waals surface area contributed by atoms with Gasteiger partial charge in [-0.05, 0) is 30.9 Å². The lowest BCUT2D eigenvalue weighted by Crippen LogP contribution is -2.33. The number of hydrogen-bond acceptors (Lipinski definition) is 5. The van der Waals surface area contributed by atoms with Crippen LogP contribution in [0.4, 0.5) is 11.6 Å². The minimum Gasteiger partial charge on any atom is -0.355 e. The van der Waals surface area contributed by atoms with Crippen LogP contribution in [-0.4, -0.2) is 38.0 Å². The van der Waals surface area contributed by atoms with Crippen LogP contribution in [0.2, 0.25) is 0 Å². The van der Waals surface area contributed by atoms with Gasteiger partial charge in [-0.3, -0.25) is 4.72 Å². The summed E-state index contributed by atoms with van der Waals surface area (Å²) in [4.78, 5) is 2.18. The first-order chi connectivity index (χ1) is 8.44. The van der Waals surface area contributed by atoms with Gasteiger partial charge < -0.3 is 4.90 Å². The Bertz CT molecular complexity index is 492. The molecule has 7 heteroatoms. The summed E-state index contributed by atoms with van der Waals surface area (Å²) < 4.78 is 24.4. The first-order valence-corrected chi connectivity index (χ1v) is 7.89. The molecule has 1 saturated heterocycles. The number of sulfonamides is 1. The van der Waals surface area contributed by atoms with Gasteiger partial charge in [-0.2, -0.15) is 0 Å². The first-order valence-electron chi connectivity index (χ1n) is 6.00. The molecular formula is C11H18N4O2S. The van der Waals surface area contributed by atoms with Crippen molar-refractivity contribution in [2.24, 2.45) is 5.92 Å². The molecule has 1 aromatic heterocycles. The van der Waals surface area contributed by atoms with Crippen LogP contribution in [0, 0.1) is 5.92 Å². The molecular weight excluding hydrogens is 252 g/mol. The molecule has 6 nitrogen and oxygen atoms in total. The highest BCUT2D eigenvalue weighted by Gasteiger charge is 2.17. The molecule has 2 rings (SSSR count). The van der Waals surface area contributed by atoms with E-state index in [2.05, 4.69) is 26.7 Å². The van der Waals surface area contributed by atoms with Gasteiger partial charge in [0.25, 0.3) is 0 Å². The number of piperidine rings is 1. The van der Waals surface area contributed by atoms with Crippen molar-refractivity contribution in [3.63, 3.8) is 0 Å². The van der Waals surface area contributed by atoms with Crippen LogP contribution in [0.1, 0.15) is 19.8 Å². The Morgan fingerprint density at radius 1 is 1.28 bits per heavy atom. The van der Waals surface area contributed by atoms with E-state index in [0.717, 1.165) is 43.9 Å². The van der Waals surface area contributed by atoms with Gasteiger partial charge >= 0.3 is 0 Å². The standard InChI is InChI=1S/C11H18N4O2S/c1-9-5-7-15(8-6-9)11-4-3-10(12-13-11)14-18(2,16)17/h3-4,9H,5-8H2,1-2H3,(H,12,14). The molecule has 0 unspecified atom stereocenters. The van der Waals surface area contributed by atoms with Crippen molar-refractivity contribution >= 4 is 21.7 Å². The van der Waals surface area contributed by atoms with Crippen LogP contribution in [0.3, 0.4) is 0 Å². The average molecular weight is 270 g/mol. The molecule has 0 aromatic carbocycles. The zero-order chi connectivity index (χ0) is 13.2. The molecule has 0 aliphatic carbocycles. The van der Waals surface area contributed by atoms with Crippen LogP contribution >= 0.6 is 0 Å². The third kappa shape index (κ3) is 3.56. The summed E-state index contributed by atoms with van der Waals surface area (Å²) >= 11 is 0. The minimum atomic E-state index is -3.29. The third-order valence-corrected chi connectivity index (χ3v) is 3.63. The Morgan fingerprint density at radius 2 is 1.94 bits per heavy atom. The van der Waals surface area contributed by atoms with E-state index < -0.39 is 10.0 Å². The molecule has 0 radical (unpaired) electrons. The van der Waals surface area contributed by atoms with Gasteiger partial charge in [0.1, 0.15) is 0 Å². The molecule has 0 atom stereocenters. The molecule has 1 fully saturated rings. The Balaban J connectivity index is 2.03. The van der Waals surface area contributed by atoms with Crippen molar-refractivity contribution in [2.75, 3.05) is 29.0 Å². The van der Waals surface area contributed by atoms with Crippen molar-refractivity contribution in [2.45, 2.75) is 19.8 Å². The maximum Gasteiger partial charge on any atom is 0.231 e. The van der Waals surface area contributed by atoms with Crippen molar-refractivity contribution in [3.8, 4) is 0 Å². The number of nitrogens with zero attached hydrogens (tertiary/aromatic N) is 3. The van der Waals surface area contributed by atoms with Crippen molar-refractivity contribution in [1.82, 2.24) is 10.2 Å². The monoisotopic (exact) mass is 270 g/mol. The fourth-order valence-electron chi connectivity index (χ4n) is 1.98. The zero-order valence-corrected chi connectivity index (χ0v) is 11.4. The van der Waals surface area contributed by atoms with Gasteiger partial charge in [-0.25, -0.2) is 8.42 Å². The molecule has 1 aliphatic heterocycles. The van der Waals surface area contributed by atoms with Crippen LogP contribution in [-0.2, 0) is 10.0 Å². The van der Waals surface area contributed by atoms with Crippen molar-refractivity contribution < 1.29 is 8.42 Å². The molecule has 2 heterocycles. The first kappa shape index (κ1) is 13.1. The van der Waals surface area contributed by atoms with E-state index in [-0.39, 0.29) is 5.82 Å². The minimum absolute atomic E-state index is 0.256. The molecule has 100 valence electrons. The molecule has 1 N–H and O–H groups in total. The number of anilines is 2. The fraction of sp³-hybridized carbons (Fsp3) is 0.636. The average Bonchev–Trinajstić information content (AvgIpc) is 2.29. The third-order valence-electron chi connectivity index (χ3n) is 3.05. The van der Waals surface area contributed by atoms with Gasteiger partial charge in [0, 0.05) is 13.1 Å². The number of hydrogen-bond donors (Lipinski definition) is 1. The van der Waals surface area contributed by atoms with E-state index in [0.29, 0.717) is 0 Å². The fourth-order valence-corrected chi connectivity index (χ4v) is 2.46. The molecule has 0 saturated carbocycles. The highest BCUT2D eigenvalue weighted by molar-refractivity contribution is 7.92. The molecule has 0 spiro atoms. The lowest BCUT2D eigenvalue weighted by Gasteiger charge is -2.30. The topological polar surface area (TPSA) is 75.2 Å². The molecule has 0 amide bonds. The SMILES string of the molecule is CC1CCN(c2ccc(NS(C)(=O)=O)nn2)CC1. The quantitative estimate of drug-likeness (QED) is 0.889. The summed E-state index contributed by atoms with van der Waals surface area (Å²) in [6, 6.07) is 3.44. The summed E-state index contributed by atoms with van der Waals surface area (Å²) in [5, 5.41) is 7.94. The van der Waals surface area contributed by atoms with E-state index in [4.69, 9.17) is 0 Å². The lowest BCUT2D eigenvalue weighted by atomic mass is 9.99. The van der Waals surface area contributed by atoms with E-state index in [1.165, 1.54) is 0 Å². The highest BCUT2D eigenvalue weighted by Crippen LogP contribution is 2.21. The van der Waals surface area contributed by atoms with Gasteiger partial charge in [-0.15, -0.1) is 10.2 Å². The molecule has 1 aromatic rings. The predicted molar refractivity (Wildman–Crippen MR) is 71.1 cm³/mol. The second-order valence-corrected chi connectivity index (χ2v) is 6.57. The number of nitrogens with one attached hydrogen (secondary N) is 1. The molecule has 0 bridgehead atoms. The zero-order valence-electron chi connectivity index (χ0n) is 10.6. The van der Waals surface area contributed by atoms with E-state index in [1.807, 2.05) is 0 Å². The Kier molecular flexibility index (Phi) is 3.70. The summed E-state index contributed by atoms with van der Waals surface area (Å²) in [5.74, 6) is 1.83. The van der Waals surface area contributed by atoms with Gasteiger partial charge in [0.2, 0.25) is 10.0 Å². The normalized spacial score (nSPS) is 17.8. The number of aromatic nitrogens is 2. The Hall–Kier alpha value is -1.37. The molecule has 18 heavy (non-hydrogen) atoms.